The summed E-state index contributed by atoms with van der Waals surface area (Å²) in [6, 6.07) is 19.5. The van der Waals surface area contributed by atoms with Crippen molar-refractivity contribution < 1.29 is 0 Å². The summed E-state index contributed by atoms with van der Waals surface area (Å²) >= 11 is 0. The Morgan fingerprint density at radius 1 is 0.850 bits per heavy atom. The van der Waals surface area contributed by atoms with E-state index in [9.17, 15) is 0 Å². The van der Waals surface area contributed by atoms with Gasteiger partial charge in [0.15, 0.2) is 26.8 Å². The Morgan fingerprint density at radius 3 is 2.20 bits per heavy atom. The lowest BCUT2D eigenvalue weighted by Gasteiger charge is -2.04. The van der Waals surface area contributed by atoms with Gasteiger partial charge in [0.1, 0.15) is 12.2 Å². The lowest BCUT2D eigenvalue weighted by atomic mass is 10.2. The fourth-order valence-corrected chi connectivity index (χ4v) is 4.20. The van der Waals surface area contributed by atoms with Crippen LogP contribution in [0.15, 0.2) is 93.6 Å². The molecule has 0 nitrogen and oxygen atoms in total. The molecule has 1 aliphatic rings. The average Bonchev–Trinajstić information content (AvgIpc) is 2.52. The third-order valence-corrected chi connectivity index (χ3v) is 5.36. The van der Waals surface area contributed by atoms with Crippen LogP contribution in [-0.2, 0) is 10.9 Å². The standard InChI is InChI=1S/C19H16S/c1-16-12-14-19(15-13-16)20(17-8-4-2-5-9-17)18-10-6-3-7-11-18/h2-6,8-15H,1H3/q+2. The van der Waals surface area contributed by atoms with E-state index >= 15 is 0 Å². The van der Waals surface area contributed by atoms with Gasteiger partial charge < -0.3 is 0 Å². The molecule has 1 heteroatoms. The summed E-state index contributed by atoms with van der Waals surface area (Å²) in [7, 11) is -0.0542. The van der Waals surface area contributed by atoms with Crippen LogP contribution in [0.1, 0.15) is 5.56 Å². The zero-order valence-corrected chi connectivity index (χ0v) is 12.2. The van der Waals surface area contributed by atoms with Crippen molar-refractivity contribution in [2.45, 2.75) is 16.7 Å². The molecule has 0 fully saturated rings. The number of aryl methyl sites for hydroxylation is 1. The largest absolute Gasteiger partial charge is 0.274 e. The zero-order valence-electron chi connectivity index (χ0n) is 11.4. The normalized spacial score (nSPS) is 14.6. The van der Waals surface area contributed by atoms with E-state index < -0.39 is 0 Å². The van der Waals surface area contributed by atoms with Crippen LogP contribution in [-0.4, -0.2) is 0 Å². The predicted octanol–water partition coefficient (Wildman–Crippen LogP) is 4.84. The Morgan fingerprint density at radius 2 is 1.55 bits per heavy atom. The Bertz CT molecular complexity index is 661. The fraction of sp³-hybridized carbons (Fsp3) is 0.0526. The first-order valence-corrected chi connectivity index (χ1v) is 7.89. The van der Waals surface area contributed by atoms with E-state index in [4.69, 9.17) is 0 Å². The molecule has 20 heavy (non-hydrogen) atoms. The maximum atomic E-state index is 3.20. The summed E-state index contributed by atoms with van der Waals surface area (Å²) in [4.78, 5) is 4.00. The highest BCUT2D eigenvalue weighted by Crippen LogP contribution is 2.31. The van der Waals surface area contributed by atoms with Gasteiger partial charge in [0, 0.05) is 6.08 Å². The Kier molecular flexibility index (Phi) is 3.83. The van der Waals surface area contributed by atoms with Crippen molar-refractivity contribution in [2.75, 3.05) is 0 Å². The van der Waals surface area contributed by atoms with Gasteiger partial charge in [-0.15, -0.1) is 0 Å². The number of benzene rings is 2. The molecule has 3 rings (SSSR count). The lowest BCUT2D eigenvalue weighted by molar-refractivity contribution is 1.34. The molecule has 0 heterocycles. The second kappa shape index (κ2) is 5.92. The topological polar surface area (TPSA) is 0 Å². The highest BCUT2D eigenvalue weighted by Gasteiger charge is 2.34. The van der Waals surface area contributed by atoms with E-state index in [1.807, 2.05) is 6.08 Å². The van der Waals surface area contributed by atoms with E-state index in [-0.39, 0.29) is 10.9 Å². The summed E-state index contributed by atoms with van der Waals surface area (Å²) in [6.45, 7) is 2.13. The second-order valence-electron chi connectivity index (χ2n) is 4.67. The maximum absolute atomic E-state index is 3.20. The molecule has 0 saturated carbocycles. The highest BCUT2D eigenvalue weighted by atomic mass is 32.2. The Hall–Kier alpha value is -2.08. The quantitative estimate of drug-likeness (QED) is 0.555. The molecular weight excluding hydrogens is 260 g/mol. The van der Waals surface area contributed by atoms with Gasteiger partial charge in [0.05, 0.1) is 6.08 Å². The van der Waals surface area contributed by atoms with Gasteiger partial charge in [-0.1, -0.05) is 35.9 Å². The van der Waals surface area contributed by atoms with Crippen molar-refractivity contribution in [3.63, 3.8) is 0 Å². The zero-order chi connectivity index (χ0) is 13.8. The second-order valence-corrected chi connectivity index (χ2v) is 6.70. The molecule has 0 spiro atoms. The summed E-state index contributed by atoms with van der Waals surface area (Å²) in [6.07, 6.45) is 11.5. The molecular formula is C19H16S+2. The maximum Gasteiger partial charge on any atom is 0.274 e. The molecule has 1 unspecified atom stereocenters. The van der Waals surface area contributed by atoms with Crippen LogP contribution in [0, 0.1) is 13.0 Å². The smallest absolute Gasteiger partial charge is 0.0619 e. The number of hydrogen-bond donors (Lipinski definition) is 0. The van der Waals surface area contributed by atoms with Gasteiger partial charge in [0.2, 0.25) is 0 Å². The van der Waals surface area contributed by atoms with E-state index in [0.717, 1.165) is 0 Å². The first-order chi connectivity index (χ1) is 9.84. The lowest BCUT2D eigenvalue weighted by Crippen LogP contribution is -2.06. The highest BCUT2D eigenvalue weighted by molar-refractivity contribution is 8.00. The van der Waals surface area contributed by atoms with Crippen LogP contribution < -0.4 is 0 Å². The van der Waals surface area contributed by atoms with Crippen molar-refractivity contribution >= 4 is 10.9 Å². The number of hydrogen-bond acceptors (Lipinski definition) is 0. The molecule has 0 saturated heterocycles. The SMILES string of the molecule is Cc1ccc([S+](C2=CC=C[C+]=C2)c2ccccc2)cc1. The molecule has 0 aromatic heterocycles. The third-order valence-electron chi connectivity index (χ3n) is 3.15. The van der Waals surface area contributed by atoms with Crippen molar-refractivity contribution in [1.82, 2.24) is 0 Å². The fourth-order valence-electron chi connectivity index (χ4n) is 2.14. The molecule has 1 aliphatic carbocycles. The molecule has 0 radical (unpaired) electrons. The minimum atomic E-state index is -0.0542. The molecule has 2 aromatic carbocycles. The Balaban J connectivity index is 2.08. The van der Waals surface area contributed by atoms with Crippen LogP contribution >= 0.6 is 0 Å². The number of rotatable bonds is 3. The van der Waals surface area contributed by atoms with Crippen molar-refractivity contribution in [3.05, 3.63) is 95.4 Å². The van der Waals surface area contributed by atoms with Crippen molar-refractivity contribution in [2.24, 2.45) is 0 Å². The van der Waals surface area contributed by atoms with Crippen molar-refractivity contribution in [3.8, 4) is 0 Å². The molecule has 1 atom stereocenters. The average molecular weight is 276 g/mol. The molecule has 0 aliphatic heterocycles. The summed E-state index contributed by atoms with van der Waals surface area (Å²) in [5.74, 6) is 0. The van der Waals surface area contributed by atoms with E-state index in [1.54, 1.807) is 0 Å². The van der Waals surface area contributed by atoms with E-state index in [2.05, 4.69) is 85.8 Å². The molecule has 0 bridgehead atoms. The molecule has 96 valence electrons. The van der Waals surface area contributed by atoms with Gasteiger partial charge >= 0.3 is 0 Å². The first-order valence-electron chi connectivity index (χ1n) is 6.67. The first kappa shape index (κ1) is 12.9. The summed E-state index contributed by atoms with van der Waals surface area (Å²) in [5, 5.41) is 0. The van der Waals surface area contributed by atoms with Gasteiger partial charge in [-0.2, -0.15) is 0 Å². The third kappa shape index (κ3) is 2.75. The van der Waals surface area contributed by atoms with E-state index in [1.165, 1.54) is 20.3 Å². The Labute approximate surface area is 123 Å². The van der Waals surface area contributed by atoms with Crippen LogP contribution in [0.2, 0.25) is 0 Å². The van der Waals surface area contributed by atoms with Gasteiger partial charge in [-0.25, -0.2) is 0 Å². The summed E-state index contributed by atoms with van der Waals surface area (Å²) in [5.41, 5.74) is 1.30. The van der Waals surface area contributed by atoms with Crippen LogP contribution in [0.5, 0.6) is 0 Å². The van der Waals surface area contributed by atoms with Crippen LogP contribution in [0.3, 0.4) is 0 Å². The van der Waals surface area contributed by atoms with Crippen LogP contribution in [0.25, 0.3) is 0 Å². The van der Waals surface area contributed by atoms with Crippen LogP contribution in [0.4, 0.5) is 0 Å². The molecule has 2 aromatic rings. The van der Waals surface area contributed by atoms with Gasteiger partial charge in [-0.3, -0.25) is 0 Å². The van der Waals surface area contributed by atoms with Gasteiger partial charge in [-0.05, 0) is 31.2 Å². The summed E-state index contributed by atoms with van der Waals surface area (Å²) < 4.78 is 0. The van der Waals surface area contributed by atoms with Crippen molar-refractivity contribution in [1.29, 1.82) is 0 Å². The monoisotopic (exact) mass is 276 g/mol. The minimum Gasteiger partial charge on any atom is -0.0619 e. The molecule has 0 amide bonds. The molecule has 0 N–H and O–H groups in total. The van der Waals surface area contributed by atoms with E-state index in [0.29, 0.717) is 0 Å². The predicted molar refractivity (Wildman–Crippen MR) is 86.6 cm³/mol. The minimum absolute atomic E-state index is 0.0542. The van der Waals surface area contributed by atoms with Gasteiger partial charge in [0.25, 0.3) is 4.91 Å². The number of allylic oxidation sites excluding steroid dienone is 5.